The summed E-state index contributed by atoms with van der Waals surface area (Å²) in [6.45, 7) is 0. The summed E-state index contributed by atoms with van der Waals surface area (Å²) in [6, 6.07) is 6.59. The fraction of sp³-hybridized carbons (Fsp3) is 0.438. The standard InChI is InChI=1S/C16H20BrN3S/c1-21-12-4-2-3-11(8-12)20-15-6-5-14(18)13-7-10(17)9-19-16(13)15/h5-7,9,11-12,20H,2-4,8,18H2,1H3. The Labute approximate surface area is 138 Å². The van der Waals surface area contributed by atoms with E-state index < -0.39 is 0 Å². The summed E-state index contributed by atoms with van der Waals surface area (Å²) in [7, 11) is 0. The van der Waals surface area contributed by atoms with Crippen LogP contribution in [0.2, 0.25) is 0 Å². The molecule has 0 aliphatic heterocycles. The molecule has 2 atom stereocenters. The zero-order chi connectivity index (χ0) is 14.8. The minimum absolute atomic E-state index is 0.536. The molecule has 0 radical (unpaired) electrons. The molecule has 0 bridgehead atoms. The highest BCUT2D eigenvalue weighted by Crippen LogP contribution is 2.33. The van der Waals surface area contributed by atoms with Crippen LogP contribution in [0, 0.1) is 0 Å². The fourth-order valence-electron chi connectivity index (χ4n) is 3.04. The number of thioether (sulfide) groups is 1. The predicted molar refractivity (Wildman–Crippen MR) is 97.0 cm³/mol. The van der Waals surface area contributed by atoms with Gasteiger partial charge in [0.2, 0.25) is 0 Å². The second kappa shape index (κ2) is 6.44. The SMILES string of the molecule is CSC1CCCC(Nc2ccc(N)c3cc(Br)cnc23)C1. The van der Waals surface area contributed by atoms with Gasteiger partial charge in [0.25, 0.3) is 0 Å². The molecule has 1 saturated carbocycles. The highest BCUT2D eigenvalue weighted by molar-refractivity contribution is 9.10. The van der Waals surface area contributed by atoms with E-state index in [0.29, 0.717) is 6.04 Å². The summed E-state index contributed by atoms with van der Waals surface area (Å²) in [6.07, 6.45) is 9.15. The van der Waals surface area contributed by atoms with Crippen LogP contribution < -0.4 is 11.1 Å². The molecule has 3 N–H and O–H groups in total. The summed E-state index contributed by atoms with van der Waals surface area (Å²) in [4.78, 5) is 4.55. The third kappa shape index (κ3) is 3.29. The molecule has 21 heavy (non-hydrogen) atoms. The van der Waals surface area contributed by atoms with Crippen molar-refractivity contribution in [2.24, 2.45) is 0 Å². The maximum absolute atomic E-state index is 6.08. The predicted octanol–water partition coefficient (Wildman–Crippen LogP) is 4.67. The van der Waals surface area contributed by atoms with Gasteiger partial charge in [-0.05, 0) is 59.6 Å². The van der Waals surface area contributed by atoms with Crippen molar-refractivity contribution >= 4 is 50.0 Å². The van der Waals surface area contributed by atoms with Crippen LogP contribution in [-0.4, -0.2) is 22.5 Å². The zero-order valence-electron chi connectivity index (χ0n) is 12.1. The van der Waals surface area contributed by atoms with Gasteiger partial charge in [0, 0.05) is 33.0 Å². The van der Waals surface area contributed by atoms with E-state index in [-0.39, 0.29) is 0 Å². The summed E-state index contributed by atoms with van der Waals surface area (Å²) in [5, 5.41) is 5.47. The van der Waals surface area contributed by atoms with Crippen LogP contribution in [0.1, 0.15) is 25.7 Å². The summed E-state index contributed by atoms with van der Waals surface area (Å²) in [5.74, 6) is 0. The fourth-order valence-corrected chi connectivity index (χ4v) is 4.20. The second-order valence-electron chi connectivity index (χ2n) is 5.62. The van der Waals surface area contributed by atoms with E-state index in [4.69, 9.17) is 5.73 Å². The van der Waals surface area contributed by atoms with Gasteiger partial charge in [-0.1, -0.05) is 6.42 Å². The van der Waals surface area contributed by atoms with Crippen molar-refractivity contribution in [3.63, 3.8) is 0 Å². The number of aromatic nitrogens is 1. The molecule has 3 rings (SSSR count). The highest BCUT2D eigenvalue weighted by atomic mass is 79.9. The number of nitrogens with two attached hydrogens (primary N) is 1. The van der Waals surface area contributed by atoms with Crippen molar-refractivity contribution in [2.75, 3.05) is 17.3 Å². The number of benzene rings is 1. The van der Waals surface area contributed by atoms with Crippen LogP contribution in [0.5, 0.6) is 0 Å². The van der Waals surface area contributed by atoms with Gasteiger partial charge in [-0.25, -0.2) is 0 Å². The topological polar surface area (TPSA) is 50.9 Å². The van der Waals surface area contributed by atoms with E-state index in [2.05, 4.69) is 38.6 Å². The highest BCUT2D eigenvalue weighted by Gasteiger charge is 2.21. The monoisotopic (exact) mass is 365 g/mol. The van der Waals surface area contributed by atoms with Crippen LogP contribution in [0.4, 0.5) is 11.4 Å². The number of nitrogen functional groups attached to an aromatic ring is 1. The molecule has 5 heteroatoms. The molecule has 3 nitrogen and oxygen atoms in total. The molecule has 2 unspecified atom stereocenters. The molecular formula is C16H20BrN3S. The Hall–Kier alpha value is -0.940. The molecule has 1 aromatic carbocycles. The number of anilines is 2. The lowest BCUT2D eigenvalue weighted by Gasteiger charge is -2.29. The molecule has 0 spiro atoms. The Morgan fingerprint density at radius 1 is 1.38 bits per heavy atom. The van der Waals surface area contributed by atoms with Gasteiger partial charge >= 0.3 is 0 Å². The number of halogens is 1. The number of nitrogens with one attached hydrogen (secondary N) is 1. The van der Waals surface area contributed by atoms with E-state index in [9.17, 15) is 0 Å². The smallest absolute Gasteiger partial charge is 0.0954 e. The molecule has 112 valence electrons. The lowest BCUT2D eigenvalue weighted by atomic mass is 9.94. The minimum atomic E-state index is 0.536. The summed E-state index contributed by atoms with van der Waals surface area (Å²) in [5.41, 5.74) is 8.91. The first kappa shape index (κ1) is 15.0. The normalized spacial score (nSPS) is 22.4. The van der Waals surface area contributed by atoms with Crippen molar-refractivity contribution < 1.29 is 0 Å². The quantitative estimate of drug-likeness (QED) is 0.776. The number of hydrogen-bond donors (Lipinski definition) is 2. The molecule has 1 fully saturated rings. The Morgan fingerprint density at radius 3 is 3.05 bits per heavy atom. The maximum atomic E-state index is 6.08. The van der Waals surface area contributed by atoms with Gasteiger partial charge in [0.05, 0.1) is 11.2 Å². The van der Waals surface area contributed by atoms with E-state index in [1.165, 1.54) is 25.7 Å². The summed E-state index contributed by atoms with van der Waals surface area (Å²) >= 11 is 5.45. The van der Waals surface area contributed by atoms with Gasteiger partial charge in [-0.15, -0.1) is 0 Å². The van der Waals surface area contributed by atoms with Crippen LogP contribution in [0.25, 0.3) is 10.9 Å². The first-order valence-corrected chi connectivity index (χ1v) is 9.38. The Morgan fingerprint density at radius 2 is 2.24 bits per heavy atom. The lowest BCUT2D eigenvalue weighted by molar-refractivity contribution is 0.474. The van der Waals surface area contributed by atoms with Crippen molar-refractivity contribution in [3.8, 4) is 0 Å². The van der Waals surface area contributed by atoms with Crippen molar-refractivity contribution in [1.29, 1.82) is 0 Å². The molecule has 1 aromatic heterocycles. The van der Waals surface area contributed by atoms with E-state index >= 15 is 0 Å². The number of pyridine rings is 1. The van der Waals surface area contributed by atoms with Crippen LogP contribution >= 0.6 is 27.7 Å². The number of rotatable bonds is 3. The van der Waals surface area contributed by atoms with Gasteiger partial charge in [0.1, 0.15) is 0 Å². The van der Waals surface area contributed by atoms with Crippen LogP contribution in [0.15, 0.2) is 28.9 Å². The van der Waals surface area contributed by atoms with Gasteiger partial charge in [-0.2, -0.15) is 11.8 Å². The number of nitrogens with zero attached hydrogens (tertiary/aromatic N) is 1. The number of fused-ring (bicyclic) bond motifs is 1. The molecule has 0 saturated heterocycles. The maximum Gasteiger partial charge on any atom is 0.0954 e. The minimum Gasteiger partial charge on any atom is -0.398 e. The largest absolute Gasteiger partial charge is 0.398 e. The average Bonchev–Trinajstić information content (AvgIpc) is 2.50. The lowest BCUT2D eigenvalue weighted by Crippen LogP contribution is -2.28. The number of hydrogen-bond acceptors (Lipinski definition) is 4. The second-order valence-corrected chi connectivity index (χ2v) is 7.67. The van der Waals surface area contributed by atoms with Crippen molar-refractivity contribution in [2.45, 2.75) is 37.0 Å². The van der Waals surface area contributed by atoms with Gasteiger partial charge < -0.3 is 11.1 Å². The van der Waals surface area contributed by atoms with Crippen LogP contribution in [0.3, 0.4) is 0 Å². The van der Waals surface area contributed by atoms with E-state index in [1.54, 1.807) is 0 Å². The molecule has 2 aromatic rings. The van der Waals surface area contributed by atoms with Crippen molar-refractivity contribution in [1.82, 2.24) is 4.98 Å². The first-order valence-electron chi connectivity index (χ1n) is 7.30. The van der Waals surface area contributed by atoms with E-state index in [0.717, 1.165) is 32.0 Å². The zero-order valence-corrected chi connectivity index (χ0v) is 14.5. The first-order chi connectivity index (χ1) is 10.2. The molecular weight excluding hydrogens is 346 g/mol. The Kier molecular flexibility index (Phi) is 4.60. The molecule has 1 aliphatic carbocycles. The van der Waals surface area contributed by atoms with Gasteiger partial charge in [0.15, 0.2) is 0 Å². The molecule has 1 heterocycles. The van der Waals surface area contributed by atoms with Crippen LogP contribution in [-0.2, 0) is 0 Å². The van der Waals surface area contributed by atoms with E-state index in [1.807, 2.05) is 30.1 Å². The van der Waals surface area contributed by atoms with Gasteiger partial charge in [-0.3, -0.25) is 4.98 Å². The third-order valence-electron chi connectivity index (χ3n) is 4.17. The average molecular weight is 366 g/mol. The summed E-state index contributed by atoms with van der Waals surface area (Å²) < 4.78 is 0.957. The molecule has 0 amide bonds. The Balaban J connectivity index is 1.89. The van der Waals surface area contributed by atoms with Crippen molar-refractivity contribution in [3.05, 3.63) is 28.9 Å². The Bertz CT molecular complexity index is 647. The molecule has 1 aliphatic rings. The third-order valence-corrected chi connectivity index (χ3v) is 5.70.